The highest BCUT2D eigenvalue weighted by atomic mass is 16.3. The Labute approximate surface area is 166 Å². The standard InChI is InChI=1S/C22H45NO4/c1-3-4-5-6-7-8-9-10-11-12-13-14-15-16-21(26)20(18-24)23-22(27)17-19(2)25/h19-21,24-26H,3-18H2,1-2H3,(H,23,27)/t19-,20-,21+/m0/s1. The van der Waals surface area contributed by atoms with Gasteiger partial charge in [-0.25, -0.2) is 0 Å². The predicted octanol–water partition coefficient (Wildman–Crippen LogP) is 4.08. The van der Waals surface area contributed by atoms with Gasteiger partial charge in [0.1, 0.15) is 0 Å². The van der Waals surface area contributed by atoms with Crippen LogP contribution in [0.25, 0.3) is 0 Å². The van der Waals surface area contributed by atoms with Crippen molar-refractivity contribution in [2.45, 2.75) is 128 Å². The summed E-state index contributed by atoms with van der Waals surface area (Å²) in [5.41, 5.74) is 0. The van der Waals surface area contributed by atoms with Crippen LogP contribution < -0.4 is 5.32 Å². The van der Waals surface area contributed by atoms with Crippen molar-refractivity contribution < 1.29 is 20.1 Å². The number of aliphatic hydroxyl groups excluding tert-OH is 3. The van der Waals surface area contributed by atoms with Crippen molar-refractivity contribution in [3.05, 3.63) is 0 Å². The van der Waals surface area contributed by atoms with E-state index in [-0.39, 0.29) is 18.9 Å². The minimum atomic E-state index is -0.736. The quantitative estimate of drug-likeness (QED) is 0.251. The van der Waals surface area contributed by atoms with E-state index in [1.54, 1.807) is 0 Å². The molecule has 0 saturated carbocycles. The van der Waals surface area contributed by atoms with E-state index in [0.29, 0.717) is 6.42 Å². The fourth-order valence-corrected chi connectivity index (χ4v) is 3.37. The molecular formula is C22H45NO4. The monoisotopic (exact) mass is 387 g/mol. The molecule has 0 saturated heterocycles. The number of hydrogen-bond donors (Lipinski definition) is 4. The van der Waals surface area contributed by atoms with E-state index in [1.165, 1.54) is 77.6 Å². The number of rotatable bonds is 19. The van der Waals surface area contributed by atoms with Gasteiger partial charge in [-0.1, -0.05) is 90.4 Å². The van der Waals surface area contributed by atoms with Gasteiger partial charge in [-0.05, 0) is 13.3 Å². The lowest BCUT2D eigenvalue weighted by atomic mass is 10.0. The Morgan fingerprint density at radius 3 is 1.67 bits per heavy atom. The van der Waals surface area contributed by atoms with Gasteiger partial charge in [-0.15, -0.1) is 0 Å². The number of unbranched alkanes of at least 4 members (excludes halogenated alkanes) is 12. The minimum Gasteiger partial charge on any atom is -0.394 e. The molecule has 5 heteroatoms. The Hall–Kier alpha value is -0.650. The maximum atomic E-state index is 11.6. The van der Waals surface area contributed by atoms with Crippen LogP contribution in [0.5, 0.6) is 0 Å². The maximum absolute atomic E-state index is 11.6. The fourth-order valence-electron chi connectivity index (χ4n) is 3.37. The lowest BCUT2D eigenvalue weighted by molar-refractivity contribution is -0.124. The lowest BCUT2D eigenvalue weighted by Gasteiger charge is -2.22. The van der Waals surface area contributed by atoms with Crippen molar-refractivity contribution in [2.75, 3.05) is 6.61 Å². The Balaban J connectivity index is 3.53. The molecular weight excluding hydrogens is 342 g/mol. The average Bonchev–Trinajstić information content (AvgIpc) is 2.62. The fraction of sp³-hybridized carbons (Fsp3) is 0.955. The second kappa shape index (κ2) is 18.7. The first-order valence-electron chi connectivity index (χ1n) is 11.3. The molecule has 0 rings (SSSR count). The molecule has 0 fully saturated rings. The summed E-state index contributed by atoms with van der Waals surface area (Å²) in [5, 5.41) is 31.3. The van der Waals surface area contributed by atoms with Gasteiger partial charge >= 0.3 is 0 Å². The van der Waals surface area contributed by atoms with Crippen molar-refractivity contribution in [3.8, 4) is 0 Å². The highest BCUT2D eigenvalue weighted by Crippen LogP contribution is 2.14. The summed E-state index contributed by atoms with van der Waals surface area (Å²) in [6.07, 6.45) is 15.8. The molecule has 0 aliphatic carbocycles. The van der Waals surface area contributed by atoms with Crippen LogP contribution in [-0.4, -0.2) is 46.1 Å². The molecule has 27 heavy (non-hydrogen) atoms. The van der Waals surface area contributed by atoms with Gasteiger partial charge < -0.3 is 20.6 Å². The van der Waals surface area contributed by atoms with Gasteiger partial charge in [0.05, 0.1) is 31.3 Å². The van der Waals surface area contributed by atoms with Crippen LogP contribution in [0.2, 0.25) is 0 Å². The van der Waals surface area contributed by atoms with Crippen molar-refractivity contribution in [1.29, 1.82) is 0 Å². The Bertz CT molecular complexity index is 336. The summed E-state index contributed by atoms with van der Waals surface area (Å²) in [5.74, 6) is -0.339. The van der Waals surface area contributed by atoms with Crippen molar-refractivity contribution >= 4 is 5.91 Å². The van der Waals surface area contributed by atoms with Crippen LogP contribution in [0.15, 0.2) is 0 Å². The number of carbonyl (C=O) groups excluding carboxylic acids is 1. The van der Waals surface area contributed by atoms with Crippen LogP contribution in [0.3, 0.4) is 0 Å². The lowest BCUT2D eigenvalue weighted by Crippen LogP contribution is -2.46. The van der Waals surface area contributed by atoms with Gasteiger partial charge in [0.15, 0.2) is 0 Å². The van der Waals surface area contributed by atoms with Crippen molar-refractivity contribution in [1.82, 2.24) is 5.32 Å². The first-order valence-corrected chi connectivity index (χ1v) is 11.3. The average molecular weight is 388 g/mol. The van der Waals surface area contributed by atoms with E-state index < -0.39 is 18.2 Å². The molecule has 0 aromatic heterocycles. The van der Waals surface area contributed by atoms with Crippen LogP contribution in [-0.2, 0) is 4.79 Å². The second-order valence-corrected chi connectivity index (χ2v) is 8.01. The number of nitrogens with one attached hydrogen (secondary N) is 1. The maximum Gasteiger partial charge on any atom is 0.222 e. The molecule has 3 atom stereocenters. The van der Waals surface area contributed by atoms with Crippen LogP contribution in [0, 0.1) is 0 Å². The third-order valence-electron chi connectivity index (χ3n) is 5.09. The molecule has 1 amide bonds. The van der Waals surface area contributed by atoms with Crippen LogP contribution >= 0.6 is 0 Å². The third kappa shape index (κ3) is 17.2. The summed E-state index contributed by atoms with van der Waals surface area (Å²) in [4.78, 5) is 11.6. The van der Waals surface area contributed by atoms with Gasteiger partial charge in [-0.3, -0.25) is 4.79 Å². The topological polar surface area (TPSA) is 89.8 Å². The number of amides is 1. The molecule has 0 bridgehead atoms. The molecule has 0 aliphatic heterocycles. The molecule has 0 aromatic carbocycles. The predicted molar refractivity (Wildman–Crippen MR) is 112 cm³/mol. The first kappa shape index (κ1) is 26.4. The van der Waals surface area contributed by atoms with Crippen molar-refractivity contribution in [3.63, 3.8) is 0 Å². The zero-order valence-electron chi connectivity index (χ0n) is 17.8. The molecule has 5 nitrogen and oxygen atoms in total. The van der Waals surface area contributed by atoms with E-state index in [4.69, 9.17) is 0 Å². The number of hydrogen-bond acceptors (Lipinski definition) is 4. The van der Waals surface area contributed by atoms with Crippen LogP contribution in [0.4, 0.5) is 0 Å². The molecule has 0 aromatic rings. The summed E-state index contributed by atoms with van der Waals surface area (Å²) in [6.45, 7) is 3.51. The molecule has 0 unspecified atom stereocenters. The van der Waals surface area contributed by atoms with Gasteiger partial charge in [-0.2, -0.15) is 0 Å². The second-order valence-electron chi connectivity index (χ2n) is 8.01. The van der Waals surface area contributed by atoms with Gasteiger partial charge in [0.25, 0.3) is 0 Å². The molecule has 4 N–H and O–H groups in total. The summed E-state index contributed by atoms with van der Waals surface area (Å²) < 4.78 is 0. The van der Waals surface area contributed by atoms with E-state index >= 15 is 0 Å². The summed E-state index contributed by atoms with van der Waals surface area (Å²) in [6, 6.07) is -0.645. The minimum absolute atomic E-state index is 0.0119. The third-order valence-corrected chi connectivity index (χ3v) is 5.09. The largest absolute Gasteiger partial charge is 0.394 e. The van der Waals surface area contributed by atoms with E-state index in [0.717, 1.165) is 12.8 Å². The zero-order chi connectivity index (χ0) is 20.3. The van der Waals surface area contributed by atoms with Crippen molar-refractivity contribution in [2.24, 2.45) is 0 Å². The SMILES string of the molecule is CCCCCCCCCCCCCCC[C@@H](O)[C@H](CO)NC(=O)C[C@H](C)O. The van der Waals surface area contributed by atoms with E-state index in [1.807, 2.05) is 0 Å². The molecule has 162 valence electrons. The highest BCUT2D eigenvalue weighted by Gasteiger charge is 2.20. The molecule has 0 spiro atoms. The molecule has 0 radical (unpaired) electrons. The Morgan fingerprint density at radius 2 is 1.26 bits per heavy atom. The number of aliphatic hydroxyl groups is 3. The first-order chi connectivity index (χ1) is 13.0. The summed E-state index contributed by atoms with van der Waals surface area (Å²) >= 11 is 0. The Kier molecular flexibility index (Phi) is 18.3. The smallest absolute Gasteiger partial charge is 0.222 e. The van der Waals surface area contributed by atoms with Gasteiger partial charge in [0, 0.05) is 0 Å². The zero-order valence-corrected chi connectivity index (χ0v) is 17.8. The molecule has 0 aliphatic rings. The summed E-state index contributed by atoms with van der Waals surface area (Å²) in [7, 11) is 0. The Morgan fingerprint density at radius 1 is 0.815 bits per heavy atom. The van der Waals surface area contributed by atoms with E-state index in [2.05, 4.69) is 12.2 Å². The van der Waals surface area contributed by atoms with Crippen LogP contribution in [0.1, 0.15) is 110 Å². The van der Waals surface area contributed by atoms with E-state index in [9.17, 15) is 20.1 Å². The number of carbonyl (C=O) groups is 1. The van der Waals surface area contributed by atoms with Gasteiger partial charge in [0.2, 0.25) is 5.91 Å². The highest BCUT2D eigenvalue weighted by molar-refractivity contribution is 5.76. The normalized spacial score (nSPS) is 14.7. The molecule has 0 heterocycles.